The zero-order chi connectivity index (χ0) is 15.9. The van der Waals surface area contributed by atoms with Crippen LogP contribution in [-0.4, -0.2) is 44.0 Å². The van der Waals surface area contributed by atoms with Crippen LogP contribution in [0, 0.1) is 0 Å². The van der Waals surface area contributed by atoms with Gasteiger partial charge in [0.25, 0.3) is 0 Å². The number of aromatic nitrogens is 1. The Labute approximate surface area is 131 Å². The van der Waals surface area contributed by atoms with Gasteiger partial charge in [-0.2, -0.15) is 0 Å². The fraction of sp³-hybridized carbons (Fsp3) is 0.385. The van der Waals surface area contributed by atoms with Crippen molar-refractivity contribution >= 4 is 42.4 Å². The van der Waals surface area contributed by atoms with E-state index in [9.17, 15) is 13.2 Å². The molecule has 0 spiro atoms. The molecule has 0 bridgehead atoms. The molecule has 1 aliphatic heterocycles. The Bertz CT molecular complexity index is 800. The van der Waals surface area contributed by atoms with E-state index in [1.807, 2.05) is 0 Å². The van der Waals surface area contributed by atoms with Crippen LogP contribution in [0.1, 0.15) is 6.92 Å². The number of nitrogens with zero attached hydrogens (tertiary/aromatic N) is 1. The fourth-order valence-electron chi connectivity index (χ4n) is 1.92. The van der Waals surface area contributed by atoms with E-state index < -0.39 is 21.0 Å². The largest absolute Gasteiger partial charge is 0.486 e. The smallest absolute Gasteiger partial charge is 0.244 e. The highest BCUT2D eigenvalue weighted by atomic mass is 32.2. The van der Waals surface area contributed by atoms with E-state index in [2.05, 4.69) is 10.3 Å². The van der Waals surface area contributed by atoms with Crippen molar-refractivity contribution in [2.24, 2.45) is 0 Å². The van der Waals surface area contributed by atoms with Crippen molar-refractivity contribution in [2.45, 2.75) is 12.2 Å². The van der Waals surface area contributed by atoms with Crippen molar-refractivity contribution in [3.63, 3.8) is 0 Å². The molecule has 7 nitrogen and oxygen atoms in total. The number of carbonyl (C=O) groups is 1. The maximum Gasteiger partial charge on any atom is 0.244 e. The highest BCUT2D eigenvalue weighted by Gasteiger charge is 2.24. The lowest BCUT2D eigenvalue weighted by molar-refractivity contribution is -0.115. The van der Waals surface area contributed by atoms with Gasteiger partial charge in [-0.3, -0.25) is 4.79 Å². The standard InChI is InChI=1S/C13H14N2O5S2/c1-7(22(2,17)18)12(16)15-13-14-8-5-9-10(6-11(8)21-13)20-4-3-19-9/h5-7H,3-4H2,1-2H3,(H,14,15,16). The Morgan fingerprint density at radius 1 is 1.32 bits per heavy atom. The lowest BCUT2D eigenvalue weighted by Gasteiger charge is -2.17. The lowest BCUT2D eigenvalue weighted by atomic mass is 10.3. The molecule has 0 saturated heterocycles. The van der Waals surface area contributed by atoms with Crippen LogP contribution in [0.4, 0.5) is 5.13 Å². The summed E-state index contributed by atoms with van der Waals surface area (Å²) in [6.07, 6.45) is 1.03. The van der Waals surface area contributed by atoms with E-state index in [-0.39, 0.29) is 0 Å². The van der Waals surface area contributed by atoms with E-state index in [0.717, 1.165) is 11.0 Å². The SMILES string of the molecule is CC(C(=O)Nc1nc2cc3c(cc2s1)OCCO3)S(C)(=O)=O. The van der Waals surface area contributed by atoms with Gasteiger partial charge in [-0.25, -0.2) is 13.4 Å². The molecule has 1 aromatic heterocycles. The van der Waals surface area contributed by atoms with E-state index >= 15 is 0 Å². The van der Waals surface area contributed by atoms with Crippen molar-refractivity contribution in [1.82, 2.24) is 4.98 Å². The second-order valence-corrected chi connectivity index (χ2v) is 8.34. The molecule has 2 aromatic rings. The van der Waals surface area contributed by atoms with Gasteiger partial charge in [0.1, 0.15) is 18.5 Å². The fourth-order valence-corrected chi connectivity index (χ4v) is 3.25. The maximum atomic E-state index is 11.9. The molecular weight excluding hydrogens is 328 g/mol. The summed E-state index contributed by atoms with van der Waals surface area (Å²) in [5.74, 6) is 0.662. The Kier molecular flexibility index (Phi) is 3.69. The molecule has 1 unspecified atom stereocenters. The summed E-state index contributed by atoms with van der Waals surface area (Å²) < 4.78 is 34.6. The van der Waals surface area contributed by atoms with Crippen molar-refractivity contribution in [3.05, 3.63) is 12.1 Å². The third-order valence-electron chi connectivity index (χ3n) is 3.29. The van der Waals surface area contributed by atoms with E-state index in [1.54, 1.807) is 12.1 Å². The molecular formula is C13H14N2O5S2. The van der Waals surface area contributed by atoms with E-state index in [4.69, 9.17) is 9.47 Å². The molecule has 3 rings (SSSR count). The molecule has 2 heterocycles. The molecule has 0 aliphatic carbocycles. The molecule has 22 heavy (non-hydrogen) atoms. The average molecular weight is 342 g/mol. The number of hydrogen-bond acceptors (Lipinski definition) is 7. The van der Waals surface area contributed by atoms with Crippen LogP contribution in [0.5, 0.6) is 11.5 Å². The Morgan fingerprint density at radius 3 is 2.59 bits per heavy atom. The van der Waals surface area contributed by atoms with Crippen LogP contribution in [0.15, 0.2) is 12.1 Å². The summed E-state index contributed by atoms with van der Waals surface area (Å²) in [6.45, 7) is 2.32. The summed E-state index contributed by atoms with van der Waals surface area (Å²) in [5.41, 5.74) is 0.663. The Hall–Kier alpha value is -1.87. The number of amides is 1. The topological polar surface area (TPSA) is 94.6 Å². The number of sulfone groups is 1. The number of rotatable bonds is 3. The Balaban J connectivity index is 1.88. The molecule has 118 valence electrons. The third kappa shape index (κ3) is 2.86. The minimum atomic E-state index is -3.44. The van der Waals surface area contributed by atoms with Gasteiger partial charge in [0.15, 0.2) is 26.5 Å². The van der Waals surface area contributed by atoms with Gasteiger partial charge in [-0.1, -0.05) is 11.3 Å². The Morgan fingerprint density at radius 2 is 1.95 bits per heavy atom. The zero-order valence-corrected chi connectivity index (χ0v) is 13.6. The molecule has 1 aromatic carbocycles. The highest BCUT2D eigenvalue weighted by molar-refractivity contribution is 7.92. The number of anilines is 1. The van der Waals surface area contributed by atoms with E-state index in [0.29, 0.717) is 35.4 Å². The summed E-state index contributed by atoms with van der Waals surface area (Å²) in [5, 5.41) is 1.76. The third-order valence-corrected chi connectivity index (χ3v) is 5.73. The average Bonchev–Trinajstić information content (AvgIpc) is 2.83. The van der Waals surface area contributed by atoms with Gasteiger partial charge in [0, 0.05) is 18.4 Å². The second kappa shape index (κ2) is 5.40. The highest BCUT2D eigenvalue weighted by Crippen LogP contribution is 2.37. The van der Waals surface area contributed by atoms with Crippen molar-refractivity contribution in [2.75, 3.05) is 24.8 Å². The van der Waals surface area contributed by atoms with E-state index in [1.165, 1.54) is 18.3 Å². The van der Waals surface area contributed by atoms with Gasteiger partial charge in [-0.15, -0.1) is 0 Å². The molecule has 0 radical (unpaired) electrons. The first-order chi connectivity index (χ1) is 10.3. The number of nitrogens with one attached hydrogen (secondary N) is 1. The van der Waals surface area contributed by atoms with Crippen LogP contribution in [-0.2, 0) is 14.6 Å². The second-order valence-electron chi connectivity index (χ2n) is 4.94. The first-order valence-corrected chi connectivity index (χ1v) is 9.31. The van der Waals surface area contributed by atoms with Crippen LogP contribution in [0.25, 0.3) is 10.2 Å². The van der Waals surface area contributed by atoms with Crippen LogP contribution in [0.3, 0.4) is 0 Å². The molecule has 9 heteroatoms. The van der Waals surface area contributed by atoms with Crippen molar-refractivity contribution in [3.8, 4) is 11.5 Å². The number of thiazole rings is 1. The maximum absolute atomic E-state index is 11.9. The molecule has 0 saturated carbocycles. The number of hydrogen-bond donors (Lipinski definition) is 1. The predicted molar refractivity (Wildman–Crippen MR) is 83.5 cm³/mol. The molecule has 0 fully saturated rings. The minimum absolute atomic E-state index is 0.345. The summed E-state index contributed by atoms with van der Waals surface area (Å²) >= 11 is 1.25. The van der Waals surface area contributed by atoms with Gasteiger partial charge >= 0.3 is 0 Å². The van der Waals surface area contributed by atoms with Crippen LogP contribution < -0.4 is 14.8 Å². The molecule has 1 atom stereocenters. The molecule has 1 N–H and O–H groups in total. The predicted octanol–water partition coefficient (Wildman–Crippen LogP) is 1.44. The first kappa shape index (κ1) is 15.0. The van der Waals surface area contributed by atoms with Crippen molar-refractivity contribution in [1.29, 1.82) is 0 Å². The van der Waals surface area contributed by atoms with Crippen LogP contribution >= 0.6 is 11.3 Å². The first-order valence-electron chi connectivity index (χ1n) is 6.54. The van der Waals surface area contributed by atoms with Crippen LogP contribution in [0.2, 0.25) is 0 Å². The number of carbonyl (C=O) groups excluding carboxylic acids is 1. The quantitative estimate of drug-likeness (QED) is 0.907. The summed E-state index contributed by atoms with van der Waals surface area (Å²) in [4.78, 5) is 16.2. The zero-order valence-electron chi connectivity index (χ0n) is 12.0. The lowest BCUT2D eigenvalue weighted by Crippen LogP contribution is -2.31. The molecule has 1 aliphatic rings. The number of fused-ring (bicyclic) bond motifs is 2. The molecule has 1 amide bonds. The van der Waals surface area contributed by atoms with Gasteiger partial charge < -0.3 is 14.8 Å². The van der Waals surface area contributed by atoms with Gasteiger partial charge in [-0.05, 0) is 6.92 Å². The van der Waals surface area contributed by atoms with Gasteiger partial charge in [0.05, 0.1) is 10.2 Å². The summed E-state index contributed by atoms with van der Waals surface area (Å²) in [6, 6.07) is 3.55. The van der Waals surface area contributed by atoms with Crippen molar-refractivity contribution < 1.29 is 22.7 Å². The normalized spacial score (nSPS) is 15.5. The number of ether oxygens (including phenoxy) is 2. The monoisotopic (exact) mass is 342 g/mol. The summed E-state index contributed by atoms with van der Waals surface area (Å²) in [7, 11) is -3.44. The van der Waals surface area contributed by atoms with Gasteiger partial charge in [0.2, 0.25) is 5.91 Å². The number of benzene rings is 1. The minimum Gasteiger partial charge on any atom is -0.486 e.